The van der Waals surface area contributed by atoms with Crippen LogP contribution in [0.3, 0.4) is 0 Å². The Bertz CT molecular complexity index is 1090. The molecule has 1 aromatic heterocycles. The fourth-order valence-corrected chi connectivity index (χ4v) is 4.03. The lowest BCUT2D eigenvalue weighted by atomic mass is 9.95. The molecule has 160 valence electrons. The largest absolute Gasteiger partial charge is 0.470 e. The van der Waals surface area contributed by atoms with Crippen LogP contribution in [-0.2, 0) is 13.0 Å². The van der Waals surface area contributed by atoms with Gasteiger partial charge in [0.2, 0.25) is 0 Å². The van der Waals surface area contributed by atoms with Crippen molar-refractivity contribution < 1.29 is 19.0 Å². The number of aryl methyl sites for hydroxylation is 1. The van der Waals surface area contributed by atoms with Crippen molar-refractivity contribution in [3.05, 3.63) is 88.9 Å². The van der Waals surface area contributed by atoms with Crippen LogP contribution < -0.4 is 9.64 Å². The average Bonchev–Trinajstić information content (AvgIpc) is 3.28. The molecular formula is C25H25FN2O3. The van der Waals surface area contributed by atoms with Crippen molar-refractivity contribution in [2.75, 3.05) is 18.0 Å². The number of carbonyl (C=O) groups excluding carboxylic acids is 1. The minimum Gasteiger partial charge on any atom is -0.470 e. The van der Waals surface area contributed by atoms with E-state index in [1.165, 1.54) is 18.3 Å². The van der Waals surface area contributed by atoms with Crippen LogP contribution in [0.25, 0.3) is 0 Å². The molecule has 0 amide bonds. The highest BCUT2D eigenvalue weighted by Gasteiger charge is 2.27. The Morgan fingerprint density at radius 3 is 2.81 bits per heavy atom. The minimum absolute atomic E-state index is 0.00673. The summed E-state index contributed by atoms with van der Waals surface area (Å²) in [5.74, 6) is -0.522. The number of anilines is 1. The summed E-state index contributed by atoms with van der Waals surface area (Å²) in [5.41, 5.74) is 3.79. The number of pyridine rings is 1. The molecule has 0 saturated carbocycles. The molecule has 1 saturated heterocycles. The zero-order valence-corrected chi connectivity index (χ0v) is 17.4. The first kappa shape index (κ1) is 21.0. The van der Waals surface area contributed by atoms with Crippen molar-refractivity contribution in [1.82, 2.24) is 4.98 Å². The number of rotatable bonds is 7. The second kappa shape index (κ2) is 9.27. The van der Waals surface area contributed by atoms with E-state index >= 15 is 0 Å². The molecule has 0 spiro atoms. The Hall–Kier alpha value is -3.25. The van der Waals surface area contributed by atoms with Crippen LogP contribution in [0.4, 0.5) is 10.1 Å². The van der Waals surface area contributed by atoms with E-state index in [1.807, 2.05) is 37.3 Å². The van der Waals surface area contributed by atoms with Gasteiger partial charge in [-0.2, -0.15) is 0 Å². The first-order valence-electron chi connectivity index (χ1n) is 10.5. The van der Waals surface area contributed by atoms with Crippen LogP contribution >= 0.6 is 0 Å². The maximum absolute atomic E-state index is 13.8. The normalized spacial score (nSPS) is 15.8. The summed E-state index contributed by atoms with van der Waals surface area (Å²) in [5, 5.41) is 9.97. The Balaban J connectivity index is 1.52. The van der Waals surface area contributed by atoms with E-state index in [0.717, 1.165) is 17.7 Å². The van der Waals surface area contributed by atoms with Crippen LogP contribution in [0.5, 0.6) is 5.88 Å². The number of aliphatic hydroxyl groups excluding tert-OH is 1. The van der Waals surface area contributed by atoms with Gasteiger partial charge in [0.15, 0.2) is 11.6 Å². The minimum atomic E-state index is -0.479. The first-order valence-corrected chi connectivity index (χ1v) is 10.5. The highest BCUT2D eigenvalue weighted by molar-refractivity contribution is 6.10. The number of hydrogen-bond acceptors (Lipinski definition) is 5. The maximum Gasteiger partial charge on any atom is 0.250 e. The number of aromatic nitrogens is 1. The third-order valence-electron chi connectivity index (χ3n) is 5.64. The predicted octanol–water partition coefficient (Wildman–Crippen LogP) is 4.16. The second-order valence-corrected chi connectivity index (χ2v) is 7.61. The van der Waals surface area contributed by atoms with Gasteiger partial charge in [0.05, 0.1) is 13.2 Å². The van der Waals surface area contributed by atoms with E-state index in [1.54, 1.807) is 12.1 Å². The molecule has 1 atom stereocenters. The smallest absolute Gasteiger partial charge is 0.250 e. The van der Waals surface area contributed by atoms with Gasteiger partial charge in [0, 0.05) is 41.5 Å². The third-order valence-corrected chi connectivity index (χ3v) is 5.64. The lowest BCUT2D eigenvalue weighted by Crippen LogP contribution is -2.26. The quantitative estimate of drug-likeness (QED) is 0.582. The predicted molar refractivity (Wildman–Crippen MR) is 117 cm³/mol. The second-order valence-electron chi connectivity index (χ2n) is 7.61. The summed E-state index contributed by atoms with van der Waals surface area (Å²) in [6.07, 6.45) is 2.79. The molecule has 0 bridgehead atoms. The zero-order valence-electron chi connectivity index (χ0n) is 17.4. The number of ether oxygens (including phenoxy) is 1. The molecule has 2 aromatic carbocycles. The number of hydrogen-bond donors (Lipinski definition) is 1. The Morgan fingerprint density at radius 1 is 1.19 bits per heavy atom. The van der Waals surface area contributed by atoms with Crippen molar-refractivity contribution in [2.24, 2.45) is 0 Å². The standard InChI is InChI=1S/C25H25FN2O3/c1-2-17-6-3-4-7-21(17)24(30)18-9-10-23(19(14-18)16-29)28-13-11-20(15-28)31-25-22(26)8-5-12-27-25/h3-10,12,14,20,29H,2,11,13,15-16H2,1H3/t20-/m0/s1. The summed E-state index contributed by atoms with van der Waals surface area (Å²) >= 11 is 0. The van der Waals surface area contributed by atoms with E-state index in [9.17, 15) is 14.3 Å². The first-order chi connectivity index (χ1) is 15.1. The SMILES string of the molecule is CCc1ccccc1C(=O)c1ccc(N2CC[C@H](Oc3ncccc3F)C2)c(CO)c1. The van der Waals surface area contributed by atoms with Gasteiger partial charge in [-0.25, -0.2) is 9.37 Å². The van der Waals surface area contributed by atoms with Crippen molar-refractivity contribution in [3.8, 4) is 5.88 Å². The van der Waals surface area contributed by atoms with Gasteiger partial charge in [-0.1, -0.05) is 31.2 Å². The molecule has 1 N–H and O–H groups in total. The number of carbonyl (C=O) groups is 1. The Labute approximate surface area is 181 Å². The van der Waals surface area contributed by atoms with Gasteiger partial charge >= 0.3 is 0 Å². The lowest BCUT2D eigenvalue weighted by Gasteiger charge is -2.22. The van der Waals surface area contributed by atoms with Gasteiger partial charge in [-0.05, 0) is 42.3 Å². The van der Waals surface area contributed by atoms with Crippen LogP contribution in [0, 0.1) is 5.82 Å². The summed E-state index contributed by atoms with van der Waals surface area (Å²) < 4.78 is 19.6. The fourth-order valence-electron chi connectivity index (χ4n) is 4.03. The molecule has 31 heavy (non-hydrogen) atoms. The van der Waals surface area contributed by atoms with Crippen LogP contribution in [0.15, 0.2) is 60.8 Å². The summed E-state index contributed by atoms with van der Waals surface area (Å²) in [6.45, 7) is 3.10. The summed E-state index contributed by atoms with van der Waals surface area (Å²) in [7, 11) is 0. The number of ketones is 1. The molecule has 0 radical (unpaired) electrons. The molecule has 0 aliphatic carbocycles. The van der Waals surface area contributed by atoms with E-state index in [0.29, 0.717) is 36.2 Å². The Morgan fingerprint density at radius 2 is 2.03 bits per heavy atom. The zero-order chi connectivity index (χ0) is 21.8. The highest BCUT2D eigenvalue weighted by atomic mass is 19.1. The van der Waals surface area contributed by atoms with Gasteiger partial charge in [-0.15, -0.1) is 0 Å². The average molecular weight is 420 g/mol. The fraction of sp³-hybridized carbons (Fsp3) is 0.280. The Kier molecular flexibility index (Phi) is 6.28. The number of benzene rings is 2. The lowest BCUT2D eigenvalue weighted by molar-refractivity contribution is 0.103. The van der Waals surface area contributed by atoms with Crippen LogP contribution in [0.2, 0.25) is 0 Å². The topological polar surface area (TPSA) is 62.7 Å². The molecule has 3 aromatic rings. The van der Waals surface area contributed by atoms with E-state index < -0.39 is 5.82 Å². The van der Waals surface area contributed by atoms with Gasteiger partial charge in [0.1, 0.15) is 6.10 Å². The molecule has 5 nitrogen and oxygen atoms in total. The van der Waals surface area contributed by atoms with Crippen molar-refractivity contribution in [1.29, 1.82) is 0 Å². The molecule has 1 fully saturated rings. The van der Waals surface area contributed by atoms with Crippen molar-refractivity contribution in [3.63, 3.8) is 0 Å². The van der Waals surface area contributed by atoms with Crippen LogP contribution in [-0.4, -0.2) is 35.1 Å². The van der Waals surface area contributed by atoms with Crippen LogP contribution in [0.1, 0.15) is 40.4 Å². The molecular weight excluding hydrogens is 395 g/mol. The van der Waals surface area contributed by atoms with Crippen molar-refractivity contribution >= 4 is 11.5 Å². The maximum atomic E-state index is 13.8. The van der Waals surface area contributed by atoms with E-state index in [2.05, 4.69) is 9.88 Å². The van der Waals surface area contributed by atoms with Gasteiger partial charge in [0.25, 0.3) is 5.88 Å². The number of aliphatic hydroxyl groups is 1. The molecule has 4 rings (SSSR count). The third kappa shape index (κ3) is 4.44. The summed E-state index contributed by atoms with van der Waals surface area (Å²) in [4.78, 5) is 19.1. The van der Waals surface area contributed by atoms with E-state index in [-0.39, 0.29) is 24.4 Å². The molecule has 2 heterocycles. The van der Waals surface area contributed by atoms with Gasteiger partial charge < -0.3 is 14.7 Å². The monoisotopic (exact) mass is 420 g/mol. The van der Waals surface area contributed by atoms with Crippen molar-refractivity contribution in [2.45, 2.75) is 32.5 Å². The highest BCUT2D eigenvalue weighted by Crippen LogP contribution is 2.29. The molecule has 1 aliphatic rings. The molecule has 6 heteroatoms. The summed E-state index contributed by atoms with van der Waals surface area (Å²) in [6, 6.07) is 15.9. The molecule has 0 unspecified atom stereocenters. The van der Waals surface area contributed by atoms with Gasteiger partial charge in [-0.3, -0.25) is 4.79 Å². The van der Waals surface area contributed by atoms with E-state index in [4.69, 9.17) is 4.74 Å². The molecule has 1 aliphatic heterocycles. The number of nitrogens with zero attached hydrogens (tertiary/aromatic N) is 2. The number of halogens is 1.